The van der Waals surface area contributed by atoms with Crippen LogP contribution in [0.4, 0.5) is 5.00 Å². The molecule has 1 aliphatic carbocycles. The summed E-state index contributed by atoms with van der Waals surface area (Å²) in [7, 11) is -2.46. The van der Waals surface area contributed by atoms with Crippen LogP contribution in [0.5, 0.6) is 0 Å². The lowest BCUT2D eigenvalue weighted by Crippen LogP contribution is -2.35. The van der Waals surface area contributed by atoms with Crippen LogP contribution in [-0.2, 0) is 19.6 Å². The summed E-state index contributed by atoms with van der Waals surface area (Å²) < 4.78 is 31.8. The van der Waals surface area contributed by atoms with E-state index in [4.69, 9.17) is 5.26 Å². The minimum atomic E-state index is -3.71. The molecule has 1 saturated carbocycles. The number of thiophene rings is 1. The van der Waals surface area contributed by atoms with Crippen LogP contribution in [-0.4, -0.2) is 26.7 Å². The van der Waals surface area contributed by atoms with Crippen molar-refractivity contribution in [2.24, 2.45) is 5.92 Å². The maximum Gasteiger partial charge on any atom is 0.310 e. The lowest BCUT2D eigenvalue weighted by molar-refractivity contribution is -0.145. The van der Waals surface area contributed by atoms with E-state index in [2.05, 4.69) is 9.46 Å². The molecule has 2 atom stereocenters. The Morgan fingerprint density at radius 3 is 2.95 bits per heavy atom. The third kappa shape index (κ3) is 2.78. The number of carbonyl (C=O) groups excluding carboxylic acids is 1. The van der Waals surface area contributed by atoms with Gasteiger partial charge < -0.3 is 4.74 Å². The van der Waals surface area contributed by atoms with Crippen molar-refractivity contribution in [3.8, 4) is 6.07 Å². The number of sulfonamides is 1. The molecule has 1 aromatic heterocycles. The second-order valence-electron chi connectivity index (χ2n) is 4.52. The monoisotopic (exact) mass is 314 g/mol. The number of anilines is 1. The van der Waals surface area contributed by atoms with Gasteiger partial charge in [0.2, 0.25) is 10.0 Å². The number of hydrogen-bond acceptors (Lipinski definition) is 6. The zero-order valence-electron chi connectivity index (χ0n) is 10.8. The molecule has 0 aliphatic heterocycles. The fourth-order valence-corrected chi connectivity index (χ4v) is 5.20. The second-order valence-corrected chi connectivity index (χ2v) is 7.34. The van der Waals surface area contributed by atoms with E-state index >= 15 is 0 Å². The summed E-state index contributed by atoms with van der Waals surface area (Å²) in [6.45, 7) is 0. The lowest BCUT2D eigenvalue weighted by Gasteiger charge is -2.18. The SMILES string of the molecule is COC(=O)C1CCCC1S(=O)(=O)Nc1sccc1C#N. The van der Waals surface area contributed by atoms with E-state index < -0.39 is 27.2 Å². The molecule has 1 fully saturated rings. The highest BCUT2D eigenvalue weighted by Gasteiger charge is 2.42. The average molecular weight is 314 g/mol. The van der Waals surface area contributed by atoms with Gasteiger partial charge in [0.05, 0.1) is 23.8 Å². The summed E-state index contributed by atoms with van der Waals surface area (Å²) >= 11 is 1.15. The van der Waals surface area contributed by atoms with Gasteiger partial charge in [-0.05, 0) is 24.3 Å². The van der Waals surface area contributed by atoms with Crippen molar-refractivity contribution in [3.05, 3.63) is 17.0 Å². The molecule has 2 rings (SSSR count). The molecule has 1 N–H and O–H groups in total. The van der Waals surface area contributed by atoms with Crippen LogP contribution < -0.4 is 4.72 Å². The van der Waals surface area contributed by atoms with E-state index in [-0.39, 0.29) is 5.56 Å². The average Bonchev–Trinajstić information content (AvgIpc) is 3.05. The molecule has 1 aliphatic rings. The van der Waals surface area contributed by atoms with Gasteiger partial charge in [-0.25, -0.2) is 8.42 Å². The van der Waals surface area contributed by atoms with E-state index in [1.807, 2.05) is 6.07 Å². The molecule has 0 amide bonds. The highest BCUT2D eigenvalue weighted by Crippen LogP contribution is 2.34. The van der Waals surface area contributed by atoms with Crippen molar-refractivity contribution in [1.29, 1.82) is 5.26 Å². The first-order chi connectivity index (χ1) is 9.49. The molecule has 108 valence electrons. The molecular weight excluding hydrogens is 300 g/mol. The van der Waals surface area contributed by atoms with Crippen LogP contribution in [0.15, 0.2) is 11.4 Å². The van der Waals surface area contributed by atoms with Gasteiger partial charge in [0.25, 0.3) is 0 Å². The van der Waals surface area contributed by atoms with E-state index in [1.165, 1.54) is 7.11 Å². The van der Waals surface area contributed by atoms with E-state index in [1.54, 1.807) is 11.4 Å². The van der Waals surface area contributed by atoms with Crippen LogP contribution >= 0.6 is 11.3 Å². The van der Waals surface area contributed by atoms with Gasteiger partial charge in [0.1, 0.15) is 11.1 Å². The third-order valence-electron chi connectivity index (χ3n) is 3.38. The van der Waals surface area contributed by atoms with E-state index in [0.717, 1.165) is 11.3 Å². The van der Waals surface area contributed by atoms with Gasteiger partial charge in [-0.3, -0.25) is 9.52 Å². The quantitative estimate of drug-likeness (QED) is 0.853. The Labute approximate surface area is 121 Å². The zero-order valence-corrected chi connectivity index (χ0v) is 12.5. The van der Waals surface area contributed by atoms with Gasteiger partial charge in [-0.1, -0.05) is 6.42 Å². The first kappa shape index (κ1) is 14.8. The fourth-order valence-electron chi connectivity index (χ4n) is 2.40. The van der Waals surface area contributed by atoms with Gasteiger partial charge >= 0.3 is 5.97 Å². The Kier molecular flexibility index (Phi) is 4.30. The van der Waals surface area contributed by atoms with Crippen LogP contribution in [0.25, 0.3) is 0 Å². The predicted molar refractivity (Wildman–Crippen MR) is 74.7 cm³/mol. The molecule has 0 aromatic carbocycles. The normalized spacial score (nSPS) is 22.2. The Morgan fingerprint density at radius 2 is 2.30 bits per heavy atom. The second kappa shape index (κ2) is 5.81. The topological polar surface area (TPSA) is 96.3 Å². The van der Waals surface area contributed by atoms with Crippen molar-refractivity contribution >= 4 is 32.3 Å². The highest BCUT2D eigenvalue weighted by molar-refractivity contribution is 7.93. The van der Waals surface area contributed by atoms with Crippen LogP contribution in [0.3, 0.4) is 0 Å². The molecule has 0 spiro atoms. The number of hydrogen-bond donors (Lipinski definition) is 1. The third-order valence-corrected chi connectivity index (χ3v) is 6.18. The molecule has 0 bridgehead atoms. The summed E-state index contributed by atoms with van der Waals surface area (Å²) in [6.07, 6.45) is 1.59. The number of methoxy groups -OCH3 is 1. The molecule has 1 aromatic rings. The maximum atomic E-state index is 12.4. The van der Waals surface area contributed by atoms with Gasteiger partial charge in [0.15, 0.2) is 0 Å². The number of carbonyl (C=O) groups is 1. The lowest BCUT2D eigenvalue weighted by atomic mass is 10.1. The summed E-state index contributed by atoms with van der Waals surface area (Å²) in [4.78, 5) is 11.6. The Bertz CT molecular complexity index is 645. The zero-order chi connectivity index (χ0) is 14.8. The molecule has 0 radical (unpaired) electrons. The number of nitriles is 1. The molecule has 6 nitrogen and oxygen atoms in total. The summed E-state index contributed by atoms with van der Waals surface area (Å²) in [5.41, 5.74) is 0.284. The molecular formula is C12H14N2O4S2. The fraction of sp³-hybridized carbons (Fsp3) is 0.500. The van der Waals surface area contributed by atoms with Gasteiger partial charge in [-0.2, -0.15) is 5.26 Å². The molecule has 20 heavy (non-hydrogen) atoms. The Balaban J connectivity index is 2.22. The summed E-state index contributed by atoms with van der Waals surface area (Å²) in [5.74, 6) is -1.13. The van der Waals surface area contributed by atoms with Crippen LogP contribution in [0.1, 0.15) is 24.8 Å². The van der Waals surface area contributed by atoms with E-state index in [0.29, 0.717) is 24.3 Å². The number of nitrogens with one attached hydrogen (secondary N) is 1. The first-order valence-corrected chi connectivity index (χ1v) is 8.49. The minimum absolute atomic E-state index is 0.284. The van der Waals surface area contributed by atoms with Crippen molar-refractivity contribution in [1.82, 2.24) is 0 Å². The molecule has 8 heteroatoms. The Morgan fingerprint density at radius 1 is 1.55 bits per heavy atom. The van der Waals surface area contributed by atoms with Crippen molar-refractivity contribution in [3.63, 3.8) is 0 Å². The largest absolute Gasteiger partial charge is 0.469 e. The minimum Gasteiger partial charge on any atom is -0.469 e. The van der Waals surface area contributed by atoms with Gasteiger partial charge in [-0.15, -0.1) is 11.3 Å². The highest BCUT2D eigenvalue weighted by atomic mass is 32.2. The number of rotatable bonds is 4. The number of esters is 1. The first-order valence-electron chi connectivity index (χ1n) is 6.06. The van der Waals surface area contributed by atoms with E-state index in [9.17, 15) is 13.2 Å². The smallest absolute Gasteiger partial charge is 0.310 e. The summed E-state index contributed by atoms with van der Waals surface area (Å²) in [5, 5.41) is 10.0. The maximum absolute atomic E-state index is 12.4. The van der Waals surface area contributed by atoms with Crippen LogP contribution in [0.2, 0.25) is 0 Å². The molecule has 1 heterocycles. The van der Waals surface area contributed by atoms with Crippen molar-refractivity contribution in [2.75, 3.05) is 11.8 Å². The van der Waals surface area contributed by atoms with Crippen molar-refractivity contribution < 1.29 is 17.9 Å². The number of nitrogens with zero attached hydrogens (tertiary/aromatic N) is 1. The van der Waals surface area contributed by atoms with Crippen molar-refractivity contribution in [2.45, 2.75) is 24.5 Å². The number of ether oxygens (including phenoxy) is 1. The Hall–Kier alpha value is -1.59. The summed E-state index contributed by atoms with van der Waals surface area (Å²) in [6, 6.07) is 3.48. The van der Waals surface area contributed by atoms with Gasteiger partial charge in [0, 0.05) is 0 Å². The molecule has 0 saturated heterocycles. The molecule has 2 unspecified atom stereocenters. The van der Waals surface area contributed by atoms with Crippen LogP contribution in [0, 0.1) is 17.2 Å². The predicted octanol–water partition coefficient (Wildman–Crippen LogP) is 1.70. The standard InChI is InChI=1S/C12H14N2O4S2/c1-18-12(15)9-3-2-4-10(9)20(16,17)14-11-8(7-13)5-6-19-11/h5-6,9-10,14H,2-4H2,1H3.